The fourth-order valence-corrected chi connectivity index (χ4v) is 3.17. The molecule has 0 aliphatic carbocycles. The number of hydrogen-bond acceptors (Lipinski definition) is 2. The molecule has 0 amide bonds. The minimum Gasteiger partial charge on any atom is -0.311 e. The molecule has 1 N–H and O–H groups in total. The van der Waals surface area contributed by atoms with E-state index in [0.29, 0.717) is 17.5 Å². The molecule has 1 aromatic rings. The highest BCUT2D eigenvalue weighted by Gasteiger charge is 2.33. The molecule has 1 saturated heterocycles. The van der Waals surface area contributed by atoms with Crippen LogP contribution >= 0.6 is 0 Å². The van der Waals surface area contributed by atoms with E-state index in [9.17, 15) is 0 Å². The van der Waals surface area contributed by atoms with E-state index in [1.807, 2.05) is 0 Å². The minimum atomic E-state index is 0.320. The fraction of sp³-hybridized carbons (Fsp3) is 0.684. The van der Waals surface area contributed by atoms with Crippen molar-refractivity contribution in [3.8, 4) is 0 Å². The van der Waals surface area contributed by atoms with Crippen molar-refractivity contribution in [2.24, 2.45) is 5.41 Å². The van der Waals surface area contributed by atoms with Crippen molar-refractivity contribution in [3.63, 3.8) is 0 Å². The maximum Gasteiger partial charge on any atom is 0.0244 e. The minimum absolute atomic E-state index is 0.320. The van der Waals surface area contributed by atoms with Crippen molar-refractivity contribution < 1.29 is 0 Å². The van der Waals surface area contributed by atoms with E-state index in [0.717, 1.165) is 19.6 Å². The second-order valence-electron chi connectivity index (χ2n) is 7.74. The lowest BCUT2D eigenvalue weighted by atomic mass is 9.84. The van der Waals surface area contributed by atoms with Crippen LogP contribution in [0, 0.1) is 19.3 Å². The molecule has 0 aromatic heterocycles. The zero-order valence-corrected chi connectivity index (χ0v) is 14.7. The summed E-state index contributed by atoms with van der Waals surface area (Å²) in [6.45, 7) is 17.1. The molecule has 1 heterocycles. The van der Waals surface area contributed by atoms with Crippen LogP contribution in [-0.4, -0.2) is 30.1 Å². The predicted octanol–water partition coefficient (Wildman–Crippen LogP) is 3.90. The largest absolute Gasteiger partial charge is 0.311 e. The second-order valence-corrected chi connectivity index (χ2v) is 7.74. The molecule has 0 bridgehead atoms. The average molecular weight is 288 g/mol. The summed E-state index contributed by atoms with van der Waals surface area (Å²) in [4.78, 5) is 2.68. The van der Waals surface area contributed by atoms with Gasteiger partial charge in [-0.05, 0) is 42.4 Å². The number of rotatable bonds is 3. The lowest BCUT2D eigenvalue weighted by Crippen LogP contribution is -2.59. The Morgan fingerprint density at radius 3 is 2.48 bits per heavy atom. The average Bonchev–Trinajstić information content (AvgIpc) is 2.42. The Kier molecular flexibility index (Phi) is 5.11. The molecular formula is C19H32N2. The maximum absolute atomic E-state index is 3.75. The maximum atomic E-state index is 3.75. The number of nitrogens with zero attached hydrogens (tertiary/aromatic N) is 1. The van der Waals surface area contributed by atoms with Crippen LogP contribution < -0.4 is 5.32 Å². The Morgan fingerprint density at radius 1 is 1.19 bits per heavy atom. The van der Waals surface area contributed by atoms with Gasteiger partial charge >= 0.3 is 0 Å². The zero-order valence-electron chi connectivity index (χ0n) is 14.7. The number of hydrogen-bond donors (Lipinski definition) is 1. The molecule has 1 fully saturated rings. The molecule has 0 saturated carbocycles. The summed E-state index contributed by atoms with van der Waals surface area (Å²) in [6, 6.07) is 8.14. The molecule has 21 heavy (non-hydrogen) atoms. The van der Waals surface area contributed by atoms with Crippen molar-refractivity contribution in [1.29, 1.82) is 0 Å². The first-order valence-corrected chi connectivity index (χ1v) is 8.34. The molecule has 2 unspecified atom stereocenters. The first-order chi connectivity index (χ1) is 9.81. The van der Waals surface area contributed by atoms with Gasteiger partial charge in [0.2, 0.25) is 0 Å². The molecule has 2 nitrogen and oxygen atoms in total. The molecule has 1 aliphatic rings. The van der Waals surface area contributed by atoms with Gasteiger partial charge in [-0.15, -0.1) is 0 Å². The van der Waals surface area contributed by atoms with Crippen LogP contribution in [0.15, 0.2) is 18.2 Å². The van der Waals surface area contributed by atoms with Crippen LogP contribution in [0.4, 0.5) is 0 Å². The van der Waals surface area contributed by atoms with Gasteiger partial charge < -0.3 is 5.32 Å². The Morgan fingerprint density at radius 2 is 1.90 bits per heavy atom. The molecule has 2 atom stereocenters. The van der Waals surface area contributed by atoms with E-state index in [2.05, 4.69) is 70.0 Å². The van der Waals surface area contributed by atoms with Gasteiger partial charge in [0.15, 0.2) is 0 Å². The van der Waals surface area contributed by atoms with Gasteiger partial charge in [-0.1, -0.05) is 45.9 Å². The first-order valence-electron chi connectivity index (χ1n) is 8.34. The highest BCUT2D eigenvalue weighted by atomic mass is 15.2. The molecule has 0 spiro atoms. The van der Waals surface area contributed by atoms with Crippen LogP contribution in [0.5, 0.6) is 0 Å². The molecule has 1 aromatic carbocycles. The van der Waals surface area contributed by atoms with Gasteiger partial charge in [0.25, 0.3) is 0 Å². The summed E-state index contributed by atoms with van der Waals surface area (Å²) in [5.41, 5.74) is 4.56. The smallest absolute Gasteiger partial charge is 0.0244 e. The summed E-state index contributed by atoms with van der Waals surface area (Å²) in [7, 11) is 0. The molecule has 2 rings (SSSR count). The third-order valence-electron chi connectivity index (χ3n) is 5.01. The van der Waals surface area contributed by atoms with Gasteiger partial charge in [-0.2, -0.15) is 0 Å². The third-order valence-corrected chi connectivity index (χ3v) is 5.01. The Bertz CT molecular complexity index is 473. The highest BCUT2D eigenvalue weighted by Crippen LogP contribution is 2.25. The summed E-state index contributed by atoms with van der Waals surface area (Å²) in [5, 5.41) is 3.75. The quantitative estimate of drug-likeness (QED) is 0.907. The van der Waals surface area contributed by atoms with E-state index < -0.39 is 0 Å². The summed E-state index contributed by atoms with van der Waals surface area (Å²) in [6.07, 6.45) is 1.22. The standard InChI is InChI=1S/C19H32N2/c1-7-17-11-20-18(19(4,5)6)13-21(17)12-16-9-8-14(2)15(3)10-16/h8-10,17-18,20H,7,11-13H2,1-6H3. The molecule has 1 aliphatic heterocycles. The Labute approximate surface area is 130 Å². The van der Waals surface area contributed by atoms with Gasteiger partial charge in [-0.25, -0.2) is 0 Å². The number of nitrogens with one attached hydrogen (secondary N) is 1. The molecule has 0 radical (unpaired) electrons. The number of piperazine rings is 1. The van der Waals surface area contributed by atoms with E-state index in [4.69, 9.17) is 0 Å². The van der Waals surface area contributed by atoms with Crippen molar-refractivity contribution in [2.45, 2.75) is 66.6 Å². The normalized spacial score (nSPS) is 24.3. The van der Waals surface area contributed by atoms with Crippen LogP contribution in [0.2, 0.25) is 0 Å². The summed E-state index contributed by atoms with van der Waals surface area (Å²) < 4.78 is 0. The fourth-order valence-electron chi connectivity index (χ4n) is 3.17. The van der Waals surface area contributed by atoms with Crippen molar-refractivity contribution in [2.75, 3.05) is 13.1 Å². The van der Waals surface area contributed by atoms with Gasteiger partial charge in [0.1, 0.15) is 0 Å². The first kappa shape index (κ1) is 16.5. The molecular weight excluding hydrogens is 256 g/mol. The SMILES string of the molecule is CCC1CNC(C(C)(C)C)CN1Cc1ccc(C)c(C)c1. The van der Waals surface area contributed by atoms with Gasteiger partial charge in [0.05, 0.1) is 0 Å². The lowest BCUT2D eigenvalue weighted by Gasteiger charge is -2.45. The Hall–Kier alpha value is -0.860. The number of aryl methyl sites for hydroxylation is 2. The van der Waals surface area contributed by atoms with Crippen molar-refractivity contribution >= 4 is 0 Å². The van der Waals surface area contributed by atoms with E-state index in [1.54, 1.807) is 0 Å². The van der Waals surface area contributed by atoms with E-state index in [1.165, 1.54) is 23.1 Å². The third kappa shape index (κ3) is 4.08. The van der Waals surface area contributed by atoms with Crippen molar-refractivity contribution in [3.05, 3.63) is 34.9 Å². The molecule has 118 valence electrons. The van der Waals surface area contributed by atoms with Gasteiger partial charge in [-0.3, -0.25) is 4.90 Å². The van der Waals surface area contributed by atoms with E-state index in [-0.39, 0.29) is 0 Å². The van der Waals surface area contributed by atoms with E-state index >= 15 is 0 Å². The zero-order chi connectivity index (χ0) is 15.6. The predicted molar refractivity (Wildman–Crippen MR) is 91.7 cm³/mol. The lowest BCUT2D eigenvalue weighted by molar-refractivity contribution is 0.0775. The summed E-state index contributed by atoms with van der Waals surface area (Å²) in [5.74, 6) is 0. The Balaban J connectivity index is 2.12. The van der Waals surface area contributed by atoms with Crippen LogP contribution in [0.25, 0.3) is 0 Å². The highest BCUT2D eigenvalue weighted by molar-refractivity contribution is 5.30. The topological polar surface area (TPSA) is 15.3 Å². The monoisotopic (exact) mass is 288 g/mol. The summed E-state index contributed by atoms with van der Waals surface area (Å²) >= 11 is 0. The van der Waals surface area contributed by atoms with Crippen molar-refractivity contribution in [1.82, 2.24) is 10.2 Å². The molecule has 2 heteroatoms. The van der Waals surface area contributed by atoms with Crippen LogP contribution in [0.1, 0.15) is 50.8 Å². The van der Waals surface area contributed by atoms with Crippen LogP contribution in [0.3, 0.4) is 0 Å². The van der Waals surface area contributed by atoms with Crippen LogP contribution in [-0.2, 0) is 6.54 Å². The van der Waals surface area contributed by atoms with Gasteiger partial charge in [0, 0.05) is 31.7 Å². The second kappa shape index (κ2) is 6.50. The number of benzene rings is 1.